The Kier molecular flexibility index (Phi) is 8.97. The van der Waals surface area contributed by atoms with Crippen molar-refractivity contribution in [1.82, 2.24) is 24.4 Å². The largest absolute Gasteiger partial charge is 0.355 e. The van der Waals surface area contributed by atoms with E-state index in [-0.39, 0.29) is 31.3 Å². The smallest absolute Gasteiger partial charge is 0.349 e. The molecule has 0 unspecified atom stereocenters. The Morgan fingerprint density at radius 3 is 2.58 bits per heavy atom. The molecule has 1 amide bonds. The van der Waals surface area contributed by atoms with Crippen LogP contribution in [0.5, 0.6) is 0 Å². The van der Waals surface area contributed by atoms with Crippen molar-refractivity contribution < 1.29 is 4.79 Å². The normalized spacial score (nSPS) is 17.6. The van der Waals surface area contributed by atoms with Gasteiger partial charge in [-0.1, -0.05) is 52.8 Å². The molecule has 0 aromatic carbocycles. The zero-order valence-corrected chi connectivity index (χ0v) is 23.2. The first-order valence-corrected chi connectivity index (χ1v) is 13.2. The summed E-state index contributed by atoms with van der Waals surface area (Å²) in [5.74, 6) is 0.524. The third-order valence-corrected chi connectivity index (χ3v) is 7.33. The maximum Gasteiger partial charge on any atom is 0.355 e. The van der Waals surface area contributed by atoms with Gasteiger partial charge in [0.25, 0.3) is 0 Å². The number of hydrogen-bond acceptors (Lipinski definition) is 6. The molecular formula is C29H39ClN6O2. The molecule has 0 spiro atoms. The lowest BCUT2D eigenvalue weighted by Gasteiger charge is -2.44. The van der Waals surface area contributed by atoms with Gasteiger partial charge in [0.05, 0.1) is 27.5 Å². The fraction of sp³-hybridized carbons (Fsp3) is 0.483. The van der Waals surface area contributed by atoms with Crippen LogP contribution in [0.4, 0.5) is 5.82 Å². The van der Waals surface area contributed by atoms with E-state index in [1.165, 1.54) is 6.08 Å². The molecule has 4 rings (SSSR count). The molecule has 1 aliphatic rings. The lowest BCUT2D eigenvalue weighted by atomic mass is 10.0. The average Bonchev–Trinajstić information content (AvgIpc) is 2.85. The summed E-state index contributed by atoms with van der Waals surface area (Å²) in [6.07, 6.45) is 4.68. The molecule has 3 aromatic heterocycles. The summed E-state index contributed by atoms with van der Waals surface area (Å²) in [4.78, 5) is 44.3. The maximum atomic E-state index is 13.8. The van der Waals surface area contributed by atoms with Crippen LogP contribution >= 0.6 is 11.6 Å². The van der Waals surface area contributed by atoms with Crippen LogP contribution in [-0.2, 0) is 11.2 Å². The molecule has 3 aromatic rings. The van der Waals surface area contributed by atoms with Gasteiger partial charge >= 0.3 is 5.69 Å². The van der Waals surface area contributed by atoms with Crippen molar-refractivity contribution in [2.45, 2.75) is 79.8 Å². The Hall–Kier alpha value is -3.26. The van der Waals surface area contributed by atoms with Crippen molar-refractivity contribution in [2.24, 2.45) is 0 Å². The molecule has 2 atom stereocenters. The first-order chi connectivity index (χ1) is 17.6. The molecule has 0 bridgehead atoms. The van der Waals surface area contributed by atoms with Crippen molar-refractivity contribution in [3.8, 4) is 5.69 Å². The Morgan fingerprint density at radius 2 is 1.95 bits per heavy atom. The van der Waals surface area contributed by atoms with E-state index in [9.17, 15) is 9.59 Å². The third kappa shape index (κ3) is 5.19. The number of pyridine rings is 2. The molecule has 0 N–H and O–H groups in total. The topological polar surface area (TPSA) is 84.2 Å². The van der Waals surface area contributed by atoms with Crippen molar-refractivity contribution in [1.29, 1.82) is 0 Å². The minimum atomic E-state index is -0.415. The van der Waals surface area contributed by atoms with Crippen LogP contribution in [0.3, 0.4) is 0 Å². The van der Waals surface area contributed by atoms with E-state index in [1.54, 1.807) is 15.7 Å². The van der Waals surface area contributed by atoms with Gasteiger partial charge < -0.3 is 9.80 Å². The van der Waals surface area contributed by atoms with Crippen LogP contribution in [0.15, 0.2) is 35.8 Å². The van der Waals surface area contributed by atoms with Gasteiger partial charge in [-0.3, -0.25) is 9.78 Å². The van der Waals surface area contributed by atoms with Gasteiger partial charge in [0.2, 0.25) is 5.91 Å². The van der Waals surface area contributed by atoms with E-state index in [0.717, 1.165) is 23.4 Å². The average molecular weight is 539 g/mol. The minimum absolute atomic E-state index is 0. The van der Waals surface area contributed by atoms with Crippen LogP contribution in [0.25, 0.3) is 16.7 Å². The van der Waals surface area contributed by atoms with Crippen LogP contribution < -0.4 is 10.6 Å². The number of piperazine rings is 1. The fourth-order valence-corrected chi connectivity index (χ4v) is 5.35. The van der Waals surface area contributed by atoms with Gasteiger partial charge in [-0.15, -0.1) is 0 Å². The number of halogens is 1. The lowest BCUT2D eigenvalue weighted by molar-refractivity contribution is -0.128. The molecule has 204 valence electrons. The molecule has 1 aliphatic heterocycles. The summed E-state index contributed by atoms with van der Waals surface area (Å²) < 4.78 is 1.59. The number of anilines is 1. The Bertz CT molecular complexity index is 1420. The Morgan fingerprint density at radius 1 is 1.24 bits per heavy atom. The van der Waals surface area contributed by atoms with Crippen molar-refractivity contribution in [2.75, 3.05) is 18.0 Å². The number of carbonyl (C=O) groups excluding carboxylic acids is 1. The third-order valence-electron chi connectivity index (χ3n) is 7.00. The monoisotopic (exact) mass is 538 g/mol. The lowest BCUT2D eigenvalue weighted by Crippen LogP contribution is -2.58. The van der Waals surface area contributed by atoms with Crippen LogP contribution in [-0.4, -0.2) is 55.5 Å². The van der Waals surface area contributed by atoms with E-state index in [1.807, 2.05) is 32.9 Å². The Balaban J connectivity index is 0.00000400. The number of amides is 1. The number of carbonyl (C=O) groups is 1. The van der Waals surface area contributed by atoms with Gasteiger partial charge in [0.15, 0.2) is 5.65 Å². The van der Waals surface area contributed by atoms with Crippen molar-refractivity contribution >= 4 is 34.4 Å². The predicted octanol–water partition coefficient (Wildman–Crippen LogP) is 5.46. The van der Waals surface area contributed by atoms with Gasteiger partial charge in [0.1, 0.15) is 5.82 Å². The molecule has 1 fully saturated rings. The molecule has 9 heteroatoms. The first-order valence-electron chi connectivity index (χ1n) is 12.9. The molecule has 1 saturated heterocycles. The van der Waals surface area contributed by atoms with E-state index in [2.05, 4.69) is 42.2 Å². The highest BCUT2D eigenvalue weighted by Gasteiger charge is 2.34. The molecular weight excluding hydrogens is 500 g/mol. The summed E-state index contributed by atoms with van der Waals surface area (Å²) >= 11 is 6.72. The minimum Gasteiger partial charge on any atom is -0.349 e. The maximum absolute atomic E-state index is 13.8. The number of aromatic nitrogens is 4. The first kappa shape index (κ1) is 29.3. The highest BCUT2D eigenvalue weighted by Crippen LogP contribution is 2.33. The van der Waals surface area contributed by atoms with Gasteiger partial charge in [-0.25, -0.2) is 14.3 Å². The quantitative estimate of drug-likeness (QED) is 0.387. The number of rotatable bonds is 6. The second-order valence-corrected chi connectivity index (χ2v) is 10.6. The second kappa shape index (κ2) is 11.6. The summed E-state index contributed by atoms with van der Waals surface area (Å²) in [5.41, 5.74) is 3.30. The fourth-order valence-electron chi connectivity index (χ4n) is 5.11. The summed E-state index contributed by atoms with van der Waals surface area (Å²) in [5, 5.41) is 1.25. The summed E-state index contributed by atoms with van der Waals surface area (Å²) in [6.45, 7) is 16.8. The van der Waals surface area contributed by atoms with E-state index in [4.69, 9.17) is 16.6 Å². The molecule has 0 saturated carbocycles. The zero-order chi connectivity index (χ0) is 27.0. The van der Waals surface area contributed by atoms with Crippen LogP contribution in [0.2, 0.25) is 5.02 Å². The zero-order valence-electron chi connectivity index (χ0n) is 22.5. The summed E-state index contributed by atoms with van der Waals surface area (Å²) in [7, 11) is 0. The highest BCUT2D eigenvalue weighted by atomic mass is 35.5. The molecule has 4 heterocycles. The molecule has 0 aliphatic carbocycles. The number of nitrogens with zero attached hydrogens (tertiary/aromatic N) is 6. The van der Waals surface area contributed by atoms with E-state index >= 15 is 0 Å². The van der Waals surface area contributed by atoms with Gasteiger partial charge in [-0.05, 0) is 56.9 Å². The SMILES string of the molecule is C.C=CC(=O)N1C[C@H](C)N(c2nc(=O)n(-c3c(C)ccnc3C(C)C)c3nc(CCC)c(Cl)cc23)C[C@H]1C. The Labute approximate surface area is 230 Å². The second-order valence-electron chi connectivity index (χ2n) is 10.2. The van der Waals surface area contributed by atoms with Gasteiger partial charge in [-0.2, -0.15) is 4.98 Å². The molecule has 8 nitrogen and oxygen atoms in total. The number of hydrogen-bond donors (Lipinski definition) is 0. The van der Waals surface area contributed by atoms with E-state index in [0.29, 0.717) is 47.1 Å². The van der Waals surface area contributed by atoms with Crippen LogP contribution in [0, 0.1) is 6.92 Å². The van der Waals surface area contributed by atoms with Crippen molar-refractivity contribution in [3.63, 3.8) is 0 Å². The summed E-state index contributed by atoms with van der Waals surface area (Å²) in [6, 6.07) is 3.62. The standard InChI is InChI=1S/C28H35ClN6O2.CH4/c1-8-10-22-21(29)13-20-26(34-15-18(6)33(14-19(34)7)23(36)9-2)32-28(37)35(27(20)31-22)25-17(5)11-12-30-24(25)16(3)4;/h9,11-13,16,18-19H,2,8,10,14-15H2,1,3-7H3;1H4/t18-,19+;/m1./s1. The number of aryl methyl sites for hydroxylation is 2. The molecule has 38 heavy (non-hydrogen) atoms. The van der Waals surface area contributed by atoms with Gasteiger partial charge in [0, 0.05) is 31.4 Å². The van der Waals surface area contributed by atoms with Crippen LogP contribution in [0.1, 0.15) is 71.3 Å². The molecule has 0 radical (unpaired) electrons. The highest BCUT2D eigenvalue weighted by molar-refractivity contribution is 6.32. The number of fused-ring (bicyclic) bond motifs is 1. The van der Waals surface area contributed by atoms with Crippen molar-refractivity contribution in [3.05, 3.63) is 63.4 Å². The van der Waals surface area contributed by atoms with E-state index < -0.39 is 5.69 Å². The predicted molar refractivity (Wildman–Crippen MR) is 156 cm³/mol.